The van der Waals surface area contributed by atoms with E-state index in [0.29, 0.717) is 5.56 Å². The fourth-order valence-corrected chi connectivity index (χ4v) is 2.00. The monoisotopic (exact) mass is 271 g/mol. The first-order valence-electron chi connectivity index (χ1n) is 6.30. The molecule has 4 nitrogen and oxygen atoms in total. The van der Waals surface area contributed by atoms with Crippen molar-refractivity contribution in [1.82, 2.24) is 0 Å². The molecule has 0 saturated carbocycles. The van der Waals surface area contributed by atoms with Gasteiger partial charge < -0.3 is 15.2 Å². The number of benzene rings is 2. The van der Waals surface area contributed by atoms with Gasteiger partial charge in [-0.2, -0.15) is 0 Å². The van der Waals surface area contributed by atoms with Crippen LogP contribution in [0.15, 0.2) is 48.5 Å². The largest absolute Gasteiger partial charge is 0.508 e. The summed E-state index contributed by atoms with van der Waals surface area (Å²) in [5.74, 6) is -0.292. The maximum absolute atomic E-state index is 11.9. The van der Waals surface area contributed by atoms with Crippen molar-refractivity contribution < 1.29 is 14.6 Å². The Morgan fingerprint density at radius 1 is 1.20 bits per heavy atom. The summed E-state index contributed by atoms with van der Waals surface area (Å²) < 4.78 is 4.83. The Morgan fingerprint density at radius 3 is 2.60 bits per heavy atom. The van der Waals surface area contributed by atoms with E-state index in [-0.39, 0.29) is 5.75 Å². The van der Waals surface area contributed by atoms with Gasteiger partial charge in [-0.25, -0.2) is 4.79 Å². The van der Waals surface area contributed by atoms with E-state index < -0.39 is 12.0 Å². The molecule has 0 radical (unpaired) electrons. The predicted octanol–water partition coefficient (Wildman–Crippen LogP) is 3.03. The van der Waals surface area contributed by atoms with Crippen molar-refractivity contribution in [2.24, 2.45) is 0 Å². The second-order valence-electron chi connectivity index (χ2n) is 4.56. The van der Waals surface area contributed by atoms with Crippen LogP contribution in [0.3, 0.4) is 0 Å². The SMILES string of the molecule is COC(=O)C(Nc1cccc(C)c1)c1cccc(O)c1. The topological polar surface area (TPSA) is 58.6 Å². The van der Waals surface area contributed by atoms with Gasteiger partial charge >= 0.3 is 5.97 Å². The molecule has 4 heteroatoms. The van der Waals surface area contributed by atoms with Crippen LogP contribution in [0.25, 0.3) is 0 Å². The summed E-state index contributed by atoms with van der Waals surface area (Å²) in [4.78, 5) is 11.9. The van der Waals surface area contributed by atoms with Crippen LogP contribution in [0.5, 0.6) is 5.75 Å². The number of carbonyl (C=O) groups is 1. The highest BCUT2D eigenvalue weighted by molar-refractivity contribution is 5.81. The van der Waals surface area contributed by atoms with Gasteiger partial charge in [-0.15, -0.1) is 0 Å². The van der Waals surface area contributed by atoms with E-state index in [1.165, 1.54) is 7.11 Å². The summed E-state index contributed by atoms with van der Waals surface area (Å²) in [6.07, 6.45) is 0. The van der Waals surface area contributed by atoms with Crippen LogP contribution in [0, 0.1) is 6.92 Å². The number of ether oxygens (including phenoxy) is 1. The van der Waals surface area contributed by atoms with Crippen molar-refractivity contribution in [3.8, 4) is 5.75 Å². The number of nitrogens with one attached hydrogen (secondary N) is 1. The Labute approximate surface area is 118 Å². The summed E-state index contributed by atoms with van der Waals surface area (Å²) in [5.41, 5.74) is 2.57. The Morgan fingerprint density at radius 2 is 1.95 bits per heavy atom. The molecule has 0 aliphatic heterocycles. The molecule has 0 heterocycles. The molecule has 2 aromatic rings. The highest BCUT2D eigenvalue weighted by Crippen LogP contribution is 2.24. The minimum Gasteiger partial charge on any atom is -0.508 e. The fourth-order valence-electron chi connectivity index (χ4n) is 2.00. The Kier molecular flexibility index (Phi) is 4.25. The molecule has 104 valence electrons. The lowest BCUT2D eigenvalue weighted by molar-refractivity contribution is -0.141. The molecule has 0 aliphatic rings. The van der Waals surface area contributed by atoms with Crippen molar-refractivity contribution in [2.75, 3.05) is 12.4 Å². The molecule has 0 bridgehead atoms. The van der Waals surface area contributed by atoms with Crippen LogP contribution >= 0.6 is 0 Å². The van der Waals surface area contributed by atoms with Crippen LogP contribution < -0.4 is 5.32 Å². The zero-order valence-corrected chi connectivity index (χ0v) is 11.5. The first-order chi connectivity index (χ1) is 9.60. The average Bonchev–Trinajstić information content (AvgIpc) is 2.44. The number of phenolic OH excluding ortho intramolecular Hbond substituents is 1. The van der Waals surface area contributed by atoms with Gasteiger partial charge in [0.25, 0.3) is 0 Å². The minimum atomic E-state index is -0.658. The number of aryl methyl sites for hydroxylation is 1. The normalized spacial score (nSPS) is 11.7. The van der Waals surface area contributed by atoms with E-state index in [9.17, 15) is 9.90 Å². The van der Waals surface area contributed by atoms with E-state index >= 15 is 0 Å². The first-order valence-corrected chi connectivity index (χ1v) is 6.30. The van der Waals surface area contributed by atoms with Gasteiger partial charge in [-0.3, -0.25) is 0 Å². The maximum atomic E-state index is 11.9. The second kappa shape index (κ2) is 6.10. The Hall–Kier alpha value is -2.49. The van der Waals surface area contributed by atoms with Gasteiger partial charge in [-0.1, -0.05) is 24.3 Å². The Balaban J connectivity index is 2.31. The fraction of sp³-hybridized carbons (Fsp3) is 0.188. The number of rotatable bonds is 4. The van der Waals surface area contributed by atoms with Gasteiger partial charge in [0.05, 0.1) is 7.11 Å². The van der Waals surface area contributed by atoms with Gasteiger partial charge in [0, 0.05) is 5.69 Å². The molecule has 0 aliphatic carbocycles. The number of carbonyl (C=O) groups excluding carboxylic acids is 1. The second-order valence-corrected chi connectivity index (χ2v) is 4.56. The lowest BCUT2D eigenvalue weighted by Crippen LogP contribution is -2.22. The number of anilines is 1. The molecule has 1 atom stereocenters. The van der Waals surface area contributed by atoms with E-state index in [1.54, 1.807) is 24.3 Å². The maximum Gasteiger partial charge on any atom is 0.332 e. The molecular formula is C16H17NO3. The predicted molar refractivity (Wildman–Crippen MR) is 77.7 cm³/mol. The number of methoxy groups -OCH3 is 1. The van der Waals surface area contributed by atoms with Crippen molar-refractivity contribution in [3.63, 3.8) is 0 Å². The van der Waals surface area contributed by atoms with E-state index in [1.807, 2.05) is 31.2 Å². The number of hydrogen-bond acceptors (Lipinski definition) is 4. The quantitative estimate of drug-likeness (QED) is 0.839. The molecule has 20 heavy (non-hydrogen) atoms. The molecular weight excluding hydrogens is 254 g/mol. The van der Waals surface area contributed by atoms with Gasteiger partial charge in [0.1, 0.15) is 5.75 Å². The average molecular weight is 271 g/mol. The standard InChI is InChI=1S/C16H17NO3/c1-11-5-3-7-13(9-11)17-15(16(19)20-2)12-6-4-8-14(18)10-12/h3-10,15,17-18H,1-2H3. The molecule has 0 fully saturated rings. The van der Waals surface area contributed by atoms with Crippen molar-refractivity contribution >= 4 is 11.7 Å². The van der Waals surface area contributed by atoms with Gasteiger partial charge in [0.2, 0.25) is 0 Å². The lowest BCUT2D eigenvalue weighted by Gasteiger charge is -2.18. The van der Waals surface area contributed by atoms with Crippen LogP contribution in [0.2, 0.25) is 0 Å². The molecule has 0 aromatic heterocycles. The van der Waals surface area contributed by atoms with Crippen LogP contribution in [-0.4, -0.2) is 18.2 Å². The molecule has 2 aromatic carbocycles. The summed E-state index contributed by atoms with van der Waals surface area (Å²) in [6.45, 7) is 1.98. The number of aromatic hydroxyl groups is 1. The van der Waals surface area contributed by atoms with Crippen molar-refractivity contribution in [3.05, 3.63) is 59.7 Å². The molecule has 0 saturated heterocycles. The Bertz CT molecular complexity index is 610. The van der Waals surface area contributed by atoms with Crippen LogP contribution in [0.1, 0.15) is 17.2 Å². The smallest absolute Gasteiger partial charge is 0.332 e. The zero-order chi connectivity index (χ0) is 14.5. The highest BCUT2D eigenvalue weighted by Gasteiger charge is 2.21. The number of esters is 1. The minimum absolute atomic E-state index is 0.113. The summed E-state index contributed by atoms with van der Waals surface area (Å²) in [5, 5.41) is 12.7. The summed E-state index contributed by atoms with van der Waals surface area (Å²) in [6, 6.07) is 13.6. The third kappa shape index (κ3) is 3.29. The third-order valence-electron chi connectivity index (χ3n) is 2.97. The highest BCUT2D eigenvalue weighted by atomic mass is 16.5. The first kappa shape index (κ1) is 13.9. The van der Waals surface area contributed by atoms with Crippen LogP contribution in [-0.2, 0) is 9.53 Å². The summed E-state index contributed by atoms with van der Waals surface area (Å²) in [7, 11) is 1.34. The van der Waals surface area contributed by atoms with Gasteiger partial charge in [0.15, 0.2) is 6.04 Å². The molecule has 2 rings (SSSR count). The summed E-state index contributed by atoms with van der Waals surface area (Å²) >= 11 is 0. The van der Waals surface area contributed by atoms with Crippen LogP contribution in [0.4, 0.5) is 5.69 Å². The van der Waals surface area contributed by atoms with E-state index in [2.05, 4.69) is 5.32 Å². The third-order valence-corrected chi connectivity index (χ3v) is 2.97. The molecule has 2 N–H and O–H groups in total. The number of phenols is 1. The van der Waals surface area contributed by atoms with Crippen molar-refractivity contribution in [2.45, 2.75) is 13.0 Å². The number of hydrogen-bond donors (Lipinski definition) is 2. The molecule has 0 spiro atoms. The lowest BCUT2D eigenvalue weighted by atomic mass is 10.1. The van der Waals surface area contributed by atoms with Crippen molar-refractivity contribution in [1.29, 1.82) is 0 Å². The molecule has 1 unspecified atom stereocenters. The zero-order valence-electron chi connectivity index (χ0n) is 11.5. The molecule has 0 amide bonds. The van der Waals surface area contributed by atoms with E-state index in [0.717, 1.165) is 11.3 Å². The van der Waals surface area contributed by atoms with Gasteiger partial charge in [-0.05, 0) is 42.3 Å². The van der Waals surface area contributed by atoms with E-state index in [4.69, 9.17) is 4.74 Å².